The molecule has 1 heterocycles. The molecule has 0 spiro atoms. The predicted molar refractivity (Wildman–Crippen MR) is 82.1 cm³/mol. The zero-order chi connectivity index (χ0) is 14.1. The summed E-state index contributed by atoms with van der Waals surface area (Å²) in [6.07, 6.45) is 0. The fraction of sp³-hybridized carbons (Fsp3) is 0.125. The lowest BCUT2D eigenvalue weighted by Gasteiger charge is -2.08. The van der Waals surface area contributed by atoms with E-state index in [4.69, 9.17) is 11.6 Å². The fourth-order valence-electron chi connectivity index (χ4n) is 2.28. The number of hydrogen-bond acceptors (Lipinski definition) is 2. The van der Waals surface area contributed by atoms with Crippen LogP contribution in [0.4, 0.5) is 0 Å². The van der Waals surface area contributed by atoms with Crippen LogP contribution in [0.5, 0.6) is 0 Å². The molecule has 0 atom stereocenters. The number of halogens is 1. The summed E-state index contributed by atoms with van der Waals surface area (Å²) < 4.78 is 1.47. The molecule has 0 bridgehead atoms. The Balaban J connectivity index is 2.28. The molecule has 3 nitrogen and oxygen atoms in total. The summed E-state index contributed by atoms with van der Waals surface area (Å²) >= 11 is 6.02. The highest BCUT2D eigenvalue weighted by atomic mass is 35.5. The van der Waals surface area contributed by atoms with Gasteiger partial charge in [0.2, 0.25) is 5.28 Å². The van der Waals surface area contributed by atoms with Gasteiger partial charge in [-0.05, 0) is 41.8 Å². The number of aromatic nitrogens is 2. The third-order valence-corrected chi connectivity index (χ3v) is 3.62. The second-order valence-electron chi connectivity index (χ2n) is 4.53. The minimum Gasteiger partial charge on any atom is -0.283 e. The molecule has 2 aromatic carbocycles. The van der Waals surface area contributed by atoms with E-state index in [1.54, 1.807) is 0 Å². The third kappa shape index (κ3) is 2.10. The topological polar surface area (TPSA) is 34.9 Å². The molecule has 0 aliphatic heterocycles. The Morgan fingerprint density at radius 1 is 1.10 bits per heavy atom. The summed E-state index contributed by atoms with van der Waals surface area (Å²) in [5.41, 5.74) is 2.61. The Morgan fingerprint density at radius 2 is 1.85 bits per heavy atom. The molecule has 0 amide bonds. The quantitative estimate of drug-likeness (QED) is 0.672. The van der Waals surface area contributed by atoms with Crippen molar-refractivity contribution in [1.82, 2.24) is 9.55 Å². The van der Waals surface area contributed by atoms with Gasteiger partial charge in [0.25, 0.3) is 5.56 Å². The Morgan fingerprint density at radius 3 is 2.55 bits per heavy atom. The summed E-state index contributed by atoms with van der Waals surface area (Å²) in [4.78, 5) is 16.7. The molecular weight excluding hydrogens is 272 g/mol. The second kappa shape index (κ2) is 5.10. The zero-order valence-electron chi connectivity index (χ0n) is 11.0. The van der Waals surface area contributed by atoms with E-state index in [9.17, 15) is 4.79 Å². The normalized spacial score (nSPS) is 10.9. The molecule has 100 valence electrons. The molecule has 0 aliphatic rings. The van der Waals surface area contributed by atoms with E-state index in [1.165, 1.54) is 4.57 Å². The smallest absolute Gasteiger partial charge is 0.262 e. The maximum atomic E-state index is 12.4. The van der Waals surface area contributed by atoms with Gasteiger partial charge in [0, 0.05) is 6.54 Å². The molecule has 3 aromatic rings. The minimum atomic E-state index is -0.0970. The minimum absolute atomic E-state index is 0.0970. The van der Waals surface area contributed by atoms with Crippen LogP contribution in [0.15, 0.2) is 53.3 Å². The third-order valence-electron chi connectivity index (χ3n) is 3.33. The van der Waals surface area contributed by atoms with Crippen molar-refractivity contribution in [1.29, 1.82) is 0 Å². The molecule has 0 N–H and O–H groups in total. The maximum absolute atomic E-state index is 12.4. The monoisotopic (exact) mass is 284 g/mol. The van der Waals surface area contributed by atoms with E-state index in [1.807, 2.05) is 55.5 Å². The van der Waals surface area contributed by atoms with Gasteiger partial charge in [0.05, 0.1) is 10.9 Å². The van der Waals surface area contributed by atoms with E-state index >= 15 is 0 Å². The van der Waals surface area contributed by atoms with E-state index in [2.05, 4.69) is 4.98 Å². The summed E-state index contributed by atoms with van der Waals surface area (Å²) in [7, 11) is 0. The van der Waals surface area contributed by atoms with E-state index < -0.39 is 0 Å². The lowest BCUT2D eigenvalue weighted by Crippen LogP contribution is -2.21. The predicted octanol–water partition coefficient (Wildman–Crippen LogP) is 3.74. The van der Waals surface area contributed by atoms with Crippen LogP contribution in [-0.4, -0.2) is 9.55 Å². The summed E-state index contributed by atoms with van der Waals surface area (Å²) in [6.45, 7) is 2.39. The van der Waals surface area contributed by atoms with Gasteiger partial charge in [-0.2, -0.15) is 0 Å². The molecule has 3 rings (SSSR count). The van der Waals surface area contributed by atoms with E-state index in [0.29, 0.717) is 17.4 Å². The second-order valence-corrected chi connectivity index (χ2v) is 4.87. The average Bonchev–Trinajstić information content (AvgIpc) is 2.48. The first kappa shape index (κ1) is 12.9. The lowest BCUT2D eigenvalue weighted by molar-refractivity contribution is 0.719. The van der Waals surface area contributed by atoms with Gasteiger partial charge in [0.15, 0.2) is 0 Å². The van der Waals surface area contributed by atoms with E-state index in [-0.39, 0.29) is 10.8 Å². The van der Waals surface area contributed by atoms with Crippen molar-refractivity contribution in [2.45, 2.75) is 13.5 Å². The van der Waals surface area contributed by atoms with Crippen LogP contribution in [0, 0.1) is 0 Å². The zero-order valence-corrected chi connectivity index (χ0v) is 11.8. The Hall–Kier alpha value is -2.13. The largest absolute Gasteiger partial charge is 0.283 e. The molecule has 0 saturated carbocycles. The highest BCUT2D eigenvalue weighted by molar-refractivity contribution is 6.28. The summed E-state index contributed by atoms with van der Waals surface area (Å²) in [6, 6.07) is 15.6. The first-order valence-electron chi connectivity index (χ1n) is 6.46. The maximum Gasteiger partial charge on any atom is 0.262 e. The van der Waals surface area contributed by atoms with Crippen LogP contribution in [0.2, 0.25) is 5.28 Å². The van der Waals surface area contributed by atoms with Gasteiger partial charge in [-0.25, -0.2) is 4.98 Å². The number of fused-ring (bicyclic) bond motifs is 1. The average molecular weight is 285 g/mol. The Labute approximate surface area is 121 Å². The SMILES string of the molecule is CCn1c(Cl)nc2ccc(-c3ccccc3)cc2c1=O. The molecule has 4 heteroatoms. The van der Waals surface area contributed by atoms with Gasteiger partial charge < -0.3 is 0 Å². The number of nitrogens with zero attached hydrogens (tertiary/aromatic N) is 2. The van der Waals surface area contributed by atoms with Crippen molar-refractivity contribution in [3.05, 3.63) is 64.2 Å². The van der Waals surface area contributed by atoms with Crippen LogP contribution < -0.4 is 5.56 Å². The van der Waals surface area contributed by atoms with Crippen LogP contribution in [-0.2, 0) is 6.54 Å². The number of hydrogen-bond donors (Lipinski definition) is 0. The molecule has 0 aliphatic carbocycles. The Bertz CT molecular complexity index is 825. The lowest BCUT2D eigenvalue weighted by atomic mass is 10.0. The standard InChI is InChI=1S/C16H13ClN2O/c1-2-19-15(20)13-10-12(11-6-4-3-5-7-11)8-9-14(13)18-16(19)17/h3-10H,2H2,1H3. The summed E-state index contributed by atoms with van der Waals surface area (Å²) in [5, 5.41) is 0.829. The highest BCUT2D eigenvalue weighted by Crippen LogP contribution is 2.22. The van der Waals surface area contributed by atoms with Gasteiger partial charge in [-0.3, -0.25) is 9.36 Å². The first-order valence-corrected chi connectivity index (χ1v) is 6.84. The van der Waals surface area contributed by atoms with Crippen molar-refractivity contribution >= 4 is 22.5 Å². The van der Waals surface area contributed by atoms with Gasteiger partial charge in [-0.15, -0.1) is 0 Å². The number of benzene rings is 2. The van der Waals surface area contributed by atoms with Crippen LogP contribution in [0.3, 0.4) is 0 Å². The van der Waals surface area contributed by atoms with Gasteiger partial charge in [-0.1, -0.05) is 36.4 Å². The van der Waals surface area contributed by atoms with Crippen LogP contribution in [0.25, 0.3) is 22.0 Å². The summed E-state index contributed by atoms with van der Waals surface area (Å²) in [5.74, 6) is 0. The van der Waals surface area contributed by atoms with Crippen LogP contribution >= 0.6 is 11.6 Å². The van der Waals surface area contributed by atoms with Gasteiger partial charge in [0.1, 0.15) is 0 Å². The molecule has 1 aromatic heterocycles. The number of rotatable bonds is 2. The van der Waals surface area contributed by atoms with Crippen molar-refractivity contribution in [3.8, 4) is 11.1 Å². The molecule has 0 fully saturated rings. The van der Waals surface area contributed by atoms with Crippen molar-refractivity contribution in [2.75, 3.05) is 0 Å². The molecule has 0 radical (unpaired) electrons. The first-order chi connectivity index (χ1) is 9.70. The van der Waals surface area contributed by atoms with Crippen LogP contribution in [0.1, 0.15) is 6.92 Å². The van der Waals surface area contributed by atoms with E-state index in [0.717, 1.165) is 11.1 Å². The molecule has 0 saturated heterocycles. The van der Waals surface area contributed by atoms with Crippen molar-refractivity contribution < 1.29 is 0 Å². The van der Waals surface area contributed by atoms with Gasteiger partial charge >= 0.3 is 0 Å². The fourth-order valence-corrected chi connectivity index (χ4v) is 2.57. The van der Waals surface area contributed by atoms with Crippen molar-refractivity contribution in [2.24, 2.45) is 0 Å². The van der Waals surface area contributed by atoms with Crippen molar-refractivity contribution in [3.63, 3.8) is 0 Å². The highest BCUT2D eigenvalue weighted by Gasteiger charge is 2.09. The Kier molecular flexibility index (Phi) is 3.28. The molecular formula is C16H13ClN2O. The molecule has 20 heavy (non-hydrogen) atoms. The molecule has 0 unspecified atom stereocenters.